The number of rotatable bonds is 3. The first-order valence-corrected chi connectivity index (χ1v) is 5.18. The van der Waals surface area contributed by atoms with Crippen LogP contribution in [0.15, 0.2) is 0 Å². The number of nitrogens with one attached hydrogen (secondary N) is 1. The molecule has 0 radical (unpaired) electrons. The summed E-state index contributed by atoms with van der Waals surface area (Å²) in [6, 6.07) is 0. The number of carbonyl (C=O) groups is 1. The Morgan fingerprint density at radius 1 is 1.46 bits per heavy atom. The van der Waals surface area contributed by atoms with Crippen LogP contribution in [0.4, 0.5) is 0 Å². The predicted molar refractivity (Wildman–Crippen MR) is 50.3 cm³/mol. The molecule has 0 aromatic rings. The quantitative estimate of drug-likeness (QED) is 0.522. The fraction of sp³-hybridized carbons (Fsp3) is 0.900. The first-order chi connectivity index (χ1) is 6.24. The zero-order valence-electron chi connectivity index (χ0n) is 8.25. The van der Waals surface area contributed by atoms with Crippen LogP contribution in [-0.2, 0) is 4.79 Å². The number of carbonyl (C=O) groups excluding carboxylic acids is 1. The van der Waals surface area contributed by atoms with Gasteiger partial charge >= 0.3 is 0 Å². The highest BCUT2D eigenvalue weighted by Crippen LogP contribution is 2.28. The van der Waals surface area contributed by atoms with Crippen LogP contribution in [0.5, 0.6) is 0 Å². The lowest BCUT2D eigenvalue weighted by Crippen LogP contribution is -2.27. The van der Waals surface area contributed by atoms with Crippen LogP contribution in [0.25, 0.3) is 0 Å². The fourth-order valence-corrected chi connectivity index (χ4v) is 2.14. The summed E-state index contributed by atoms with van der Waals surface area (Å²) in [5, 5.41) is 8.44. The molecule has 0 saturated heterocycles. The Morgan fingerprint density at radius 3 is 2.62 bits per heavy atom. The molecule has 0 bridgehead atoms. The molecule has 0 aromatic heterocycles. The highest BCUT2D eigenvalue weighted by molar-refractivity contribution is 5.76. The number of hydrogen-bond acceptors (Lipinski definition) is 2. The van der Waals surface area contributed by atoms with E-state index in [-0.39, 0.29) is 11.8 Å². The molecule has 1 atom stereocenters. The molecule has 1 saturated carbocycles. The van der Waals surface area contributed by atoms with Gasteiger partial charge in [-0.2, -0.15) is 0 Å². The lowest BCUT2D eigenvalue weighted by molar-refractivity contribution is -0.133. The molecule has 0 aliphatic heterocycles. The van der Waals surface area contributed by atoms with Crippen molar-refractivity contribution in [2.24, 2.45) is 11.8 Å². The Kier molecular flexibility index (Phi) is 4.22. The van der Waals surface area contributed by atoms with Gasteiger partial charge in [0.1, 0.15) is 0 Å². The van der Waals surface area contributed by atoms with Crippen molar-refractivity contribution in [2.75, 3.05) is 0 Å². The molecule has 13 heavy (non-hydrogen) atoms. The van der Waals surface area contributed by atoms with E-state index >= 15 is 0 Å². The van der Waals surface area contributed by atoms with Gasteiger partial charge in [0.2, 0.25) is 5.91 Å². The van der Waals surface area contributed by atoms with E-state index in [9.17, 15) is 4.79 Å². The van der Waals surface area contributed by atoms with Crippen molar-refractivity contribution in [3.63, 3.8) is 0 Å². The molecule has 1 amide bonds. The monoisotopic (exact) mass is 185 g/mol. The molecule has 76 valence electrons. The maximum atomic E-state index is 11.0. The van der Waals surface area contributed by atoms with Gasteiger partial charge in [-0.05, 0) is 12.3 Å². The molecular weight excluding hydrogens is 166 g/mol. The van der Waals surface area contributed by atoms with E-state index in [0.717, 1.165) is 6.42 Å². The van der Waals surface area contributed by atoms with Crippen LogP contribution in [0.2, 0.25) is 0 Å². The summed E-state index contributed by atoms with van der Waals surface area (Å²) >= 11 is 0. The van der Waals surface area contributed by atoms with Crippen LogP contribution in [0, 0.1) is 11.8 Å². The maximum Gasteiger partial charge on any atom is 0.246 e. The number of amides is 1. The first-order valence-electron chi connectivity index (χ1n) is 5.18. The van der Waals surface area contributed by atoms with Crippen LogP contribution < -0.4 is 5.48 Å². The molecule has 0 aromatic carbocycles. The average molecular weight is 185 g/mol. The summed E-state index contributed by atoms with van der Waals surface area (Å²) in [6.45, 7) is 1.88. The van der Waals surface area contributed by atoms with Crippen molar-refractivity contribution in [2.45, 2.75) is 45.4 Å². The maximum absolute atomic E-state index is 11.0. The molecule has 1 rings (SSSR count). The van der Waals surface area contributed by atoms with Gasteiger partial charge in [-0.25, -0.2) is 5.48 Å². The Hall–Kier alpha value is -0.570. The third-order valence-corrected chi connectivity index (χ3v) is 2.97. The van der Waals surface area contributed by atoms with Crippen molar-refractivity contribution in [3.8, 4) is 0 Å². The summed E-state index contributed by atoms with van der Waals surface area (Å²) in [6.07, 6.45) is 7.38. The Morgan fingerprint density at radius 2 is 2.08 bits per heavy atom. The van der Waals surface area contributed by atoms with Crippen molar-refractivity contribution in [1.82, 2.24) is 5.48 Å². The molecule has 1 aliphatic rings. The van der Waals surface area contributed by atoms with E-state index < -0.39 is 0 Å². The first kappa shape index (κ1) is 10.5. The molecule has 3 heteroatoms. The molecule has 0 spiro atoms. The van der Waals surface area contributed by atoms with Gasteiger partial charge in [0.15, 0.2) is 0 Å². The van der Waals surface area contributed by atoms with Crippen LogP contribution in [0.1, 0.15) is 45.4 Å². The van der Waals surface area contributed by atoms with Gasteiger partial charge in [-0.1, -0.05) is 39.0 Å². The van der Waals surface area contributed by atoms with Gasteiger partial charge in [0, 0.05) is 5.92 Å². The Balaban J connectivity index is 2.25. The summed E-state index contributed by atoms with van der Waals surface area (Å²) in [4.78, 5) is 11.0. The minimum Gasteiger partial charge on any atom is -0.289 e. The molecule has 1 fully saturated rings. The van der Waals surface area contributed by atoms with E-state index in [1.165, 1.54) is 32.1 Å². The van der Waals surface area contributed by atoms with E-state index in [1.54, 1.807) is 5.48 Å². The molecular formula is C10H19NO2. The Labute approximate surface area is 79.5 Å². The zero-order chi connectivity index (χ0) is 9.68. The second kappa shape index (κ2) is 5.22. The van der Waals surface area contributed by atoms with Crippen molar-refractivity contribution < 1.29 is 10.0 Å². The van der Waals surface area contributed by atoms with Crippen LogP contribution in [-0.4, -0.2) is 11.1 Å². The van der Waals surface area contributed by atoms with Crippen molar-refractivity contribution in [1.29, 1.82) is 0 Å². The SMILES string of the molecule is CC(CC1CCCCC1)C(=O)NO. The third kappa shape index (κ3) is 3.35. The molecule has 0 heterocycles. The van der Waals surface area contributed by atoms with Gasteiger partial charge < -0.3 is 0 Å². The van der Waals surface area contributed by atoms with E-state index in [0.29, 0.717) is 5.92 Å². The minimum absolute atomic E-state index is 0.0481. The zero-order valence-corrected chi connectivity index (χ0v) is 8.25. The fourth-order valence-electron chi connectivity index (χ4n) is 2.14. The topological polar surface area (TPSA) is 49.3 Å². The summed E-state index contributed by atoms with van der Waals surface area (Å²) < 4.78 is 0. The summed E-state index contributed by atoms with van der Waals surface area (Å²) in [7, 11) is 0. The van der Waals surface area contributed by atoms with Crippen molar-refractivity contribution in [3.05, 3.63) is 0 Å². The van der Waals surface area contributed by atoms with Gasteiger partial charge in [-0.3, -0.25) is 10.0 Å². The number of hydroxylamine groups is 1. The standard InChI is InChI=1S/C10H19NO2/c1-8(10(12)11-13)7-9-5-3-2-4-6-9/h8-9,13H,2-7H2,1H3,(H,11,12). The summed E-state index contributed by atoms with van der Waals surface area (Å²) in [5.41, 5.74) is 1.72. The van der Waals surface area contributed by atoms with Crippen LogP contribution >= 0.6 is 0 Å². The molecule has 2 N–H and O–H groups in total. The van der Waals surface area contributed by atoms with E-state index in [2.05, 4.69) is 0 Å². The van der Waals surface area contributed by atoms with Gasteiger partial charge in [-0.15, -0.1) is 0 Å². The van der Waals surface area contributed by atoms with E-state index in [4.69, 9.17) is 5.21 Å². The normalized spacial score (nSPS) is 21.1. The average Bonchev–Trinajstić information content (AvgIpc) is 2.18. The van der Waals surface area contributed by atoms with Crippen molar-refractivity contribution >= 4 is 5.91 Å². The minimum atomic E-state index is -0.245. The highest BCUT2D eigenvalue weighted by atomic mass is 16.5. The smallest absolute Gasteiger partial charge is 0.246 e. The lowest BCUT2D eigenvalue weighted by atomic mass is 9.83. The third-order valence-electron chi connectivity index (χ3n) is 2.97. The summed E-state index contributed by atoms with van der Waals surface area (Å²) in [5.74, 6) is 0.403. The molecule has 3 nitrogen and oxygen atoms in total. The molecule has 1 unspecified atom stereocenters. The van der Waals surface area contributed by atoms with Gasteiger partial charge in [0.05, 0.1) is 0 Å². The molecule has 1 aliphatic carbocycles. The second-order valence-electron chi connectivity index (χ2n) is 4.12. The second-order valence-corrected chi connectivity index (χ2v) is 4.12. The largest absolute Gasteiger partial charge is 0.289 e. The van der Waals surface area contributed by atoms with E-state index in [1.807, 2.05) is 6.92 Å². The van der Waals surface area contributed by atoms with Gasteiger partial charge in [0.25, 0.3) is 0 Å². The Bertz CT molecular complexity index is 164. The predicted octanol–water partition coefficient (Wildman–Crippen LogP) is 2.10. The lowest BCUT2D eigenvalue weighted by Gasteiger charge is -2.23. The highest BCUT2D eigenvalue weighted by Gasteiger charge is 2.20. The number of hydrogen-bond donors (Lipinski definition) is 2. The van der Waals surface area contributed by atoms with Crippen LogP contribution in [0.3, 0.4) is 0 Å².